The lowest BCUT2D eigenvalue weighted by Crippen LogP contribution is -2.27. The minimum Gasteiger partial charge on any atom is -0.388 e. The Morgan fingerprint density at radius 3 is 2.68 bits per heavy atom. The molecule has 0 saturated carbocycles. The van der Waals surface area contributed by atoms with Crippen LogP contribution in [0, 0.1) is 6.92 Å². The lowest BCUT2D eigenvalue weighted by Gasteiger charge is -2.18. The molecule has 0 aliphatic heterocycles. The van der Waals surface area contributed by atoms with Crippen LogP contribution in [0.15, 0.2) is 41.8 Å². The second kappa shape index (κ2) is 6.85. The highest BCUT2D eigenvalue weighted by molar-refractivity contribution is 7.10. The average molecular weight is 275 g/mol. The number of hydrogen-bond donors (Lipinski definition) is 2. The Labute approximate surface area is 119 Å². The number of hydrogen-bond acceptors (Lipinski definition) is 3. The van der Waals surface area contributed by atoms with E-state index in [1.54, 1.807) is 11.3 Å². The number of benzene rings is 1. The Kier molecular flexibility index (Phi) is 5.14. The number of rotatable bonds is 6. The maximum absolute atomic E-state index is 10.1. The fourth-order valence-electron chi connectivity index (χ4n) is 2.11. The molecule has 1 aromatic heterocycles. The molecule has 0 fully saturated rings. The van der Waals surface area contributed by atoms with E-state index in [1.807, 2.05) is 17.5 Å². The van der Waals surface area contributed by atoms with Crippen LogP contribution >= 0.6 is 11.3 Å². The first-order valence-electron chi connectivity index (χ1n) is 6.66. The molecule has 0 radical (unpaired) electrons. The molecule has 0 bridgehead atoms. The van der Waals surface area contributed by atoms with Crippen LogP contribution in [-0.4, -0.2) is 11.1 Å². The first-order chi connectivity index (χ1) is 9.16. The lowest BCUT2D eigenvalue weighted by atomic mass is 10.1. The highest BCUT2D eigenvalue weighted by atomic mass is 32.1. The van der Waals surface area contributed by atoms with Crippen LogP contribution in [0.2, 0.25) is 0 Å². The monoisotopic (exact) mass is 275 g/mol. The summed E-state index contributed by atoms with van der Waals surface area (Å²) in [7, 11) is 0. The van der Waals surface area contributed by atoms with E-state index >= 15 is 0 Å². The molecular weight excluding hydrogens is 254 g/mol. The maximum atomic E-state index is 10.1. The van der Waals surface area contributed by atoms with Crippen LogP contribution in [0.25, 0.3) is 0 Å². The summed E-state index contributed by atoms with van der Waals surface area (Å²) in [5, 5.41) is 15.6. The van der Waals surface area contributed by atoms with Crippen LogP contribution in [0.1, 0.15) is 35.5 Å². The summed E-state index contributed by atoms with van der Waals surface area (Å²) in [6, 6.07) is 12.7. The van der Waals surface area contributed by atoms with Crippen molar-refractivity contribution in [3.05, 3.63) is 57.8 Å². The normalized spacial score (nSPS) is 14.3. The highest BCUT2D eigenvalue weighted by Crippen LogP contribution is 2.22. The second-order valence-corrected chi connectivity index (χ2v) is 5.95. The number of aryl methyl sites for hydroxylation is 1. The van der Waals surface area contributed by atoms with Crippen molar-refractivity contribution < 1.29 is 5.11 Å². The SMILES string of the molecule is Cc1ccccc1CNC(C)CC(O)c1cccs1. The Balaban J connectivity index is 1.82. The van der Waals surface area contributed by atoms with Crippen LogP contribution < -0.4 is 5.32 Å². The van der Waals surface area contributed by atoms with Gasteiger partial charge in [0, 0.05) is 17.5 Å². The molecule has 19 heavy (non-hydrogen) atoms. The van der Waals surface area contributed by atoms with Gasteiger partial charge in [-0.1, -0.05) is 30.3 Å². The molecule has 3 heteroatoms. The smallest absolute Gasteiger partial charge is 0.0896 e. The number of thiophene rings is 1. The summed E-state index contributed by atoms with van der Waals surface area (Å²) >= 11 is 1.61. The quantitative estimate of drug-likeness (QED) is 0.843. The molecule has 102 valence electrons. The van der Waals surface area contributed by atoms with Gasteiger partial charge in [0.25, 0.3) is 0 Å². The molecule has 2 nitrogen and oxygen atoms in total. The van der Waals surface area contributed by atoms with Gasteiger partial charge in [0.05, 0.1) is 6.10 Å². The van der Waals surface area contributed by atoms with E-state index in [0.29, 0.717) is 0 Å². The van der Waals surface area contributed by atoms with Crippen molar-refractivity contribution in [3.63, 3.8) is 0 Å². The molecule has 0 aliphatic carbocycles. The lowest BCUT2D eigenvalue weighted by molar-refractivity contribution is 0.157. The standard InChI is InChI=1S/C16H21NOS/c1-12-6-3-4-7-14(12)11-17-13(2)10-15(18)16-8-5-9-19-16/h3-9,13,15,17-18H,10-11H2,1-2H3. The molecule has 1 heterocycles. The predicted octanol–water partition coefficient (Wildman–Crippen LogP) is 3.66. The van der Waals surface area contributed by atoms with E-state index in [0.717, 1.165) is 17.8 Å². The van der Waals surface area contributed by atoms with E-state index in [2.05, 4.69) is 43.4 Å². The molecule has 2 unspecified atom stereocenters. The Morgan fingerprint density at radius 1 is 1.21 bits per heavy atom. The summed E-state index contributed by atoms with van der Waals surface area (Å²) in [5.41, 5.74) is 2.63. The van der Waals surface area contributed by atoms with Gasteiger partial charge in [-0.05, 0) is 42.8 Å². The number of nitrogens with one attached hydrogen (secondary N) is 1. The first-order valence-corrected chi connectivity index (χ1v) is 7.54. The van der Waals surface area contributed by atoms with Gasteiger partial charge >= 0.3 is 0 Å². The largest absolute Gasteiger partial charge is 0.388 e. The molecule has 2 atom stereocenters. The van der Waals surface area contributed by atoms with Gasteiger partial charge in [0.15, 0.2) is 0 Å². The zero-order chi connectivity index (χ0) is 13.7. The van der Waals surface area contributed by atoms with Crippen molar-refractivity contribution in [3.8, 4) is 0 Å². The van der Waals surface area contributed by atoms with Gasteiger partial charge in [-0.15, -0.1) is 11.3 Å². The molecule has 0 amide bonds. The third-order valence-electron chi connectivity index (χ3n) is 3.35. The fourth-order valence-corrected chi connectivity index (χ4v) is 2.83. The first kappa shape index (κ1) is 14.3. The van der Waals surface area contributed by atoms with E-state index < -0.39 is 0 Å². The summed E-state index contributed by atoms with van der Waals surface area (Å²) in [5.74, 6) is 0. The average Bonchev–Trinajstić information content (AvgIpc) is 2.91. The minimum absolute atomic E-state index is 0.289. The topological polar surface area (TPSA) is 32.3 Å². The van der Waals surface area contributed by atoms with Crippen LogP contribution in [0.5, 0.6) is 0 Å². The zero-order valence-electron chi connectivity index (χ0n) is 11.5. The van der Waals surface area contributed by atoms with E-state index in [1.165, 1.54) is 11.1 Å². The van der Waals surface area contributed by atoms with Crippen molar-refractivity contribution in [2.45, 2.75) is 39.0 Å². The zero-order valence-corrected chi connectivity index (χ0v) is 12.3. The van der Waals surface area contributed by atoms with Crippen LogP contribution in [0.4, 0.5) is 0 Å². The minimum atomic E-state index is -0.362. The molecule has 2 aromatic rings. The van der Waals surface area contributed by atoms with Crippen LogP contribution in [-0.2, 0) is 6.54 Å². The molecule has 0 spiro atoms. The van der Waals surface area contributed by atoms with Crippen molar-refractivity contribution in [1.82, 2.24) is 5.32 Å². The van der Waals surface area contributed by atoms with Crippen molar-refractivity contribution in [2.75, 3.05) is 0 Å². The summed E-state index contributed by atoms with van der Waals surface area (Å²) in [4.78, 5) is 1.05. The van der Waals surface area contributed by atoms with Gasteiger partial charge < -0.3 is 10.4 Å². The Hall–Kier alpha value is -1.16. The van der Waals surface area contributed by atoms with Crippen LogP contribution in [0.3, 0.4) is 0 Å². The fraction of sp³-hybridized carbons (Fsp3) is 0.375. The van der Waals surface area contributed by atoms with Gasteiger partial charge in [0.2, 0.25) is 0 Å². The van der Waals surface area contributed by atoms with Crippen molar-refractivity contribution in [2.24, 2.45) is 0 Å². The third-order valence-corrected chi connectivity index (χ3v) is 4.32. The molecule has 0 aliphatic rings. The van der Waals surface area contributed by atoms with E-state index in [4.69, 9.17) is 0 Å². The third kappa shape index (κ3) is 4.16. The Morgan fingerprint density at radius 2 is 2.00 bits per heavy atom. The van der Waals surface area contributed by atoms with Gasteiger partial charge in [0.1, 0.15) is 0 Å². The van der Waals surface area contributed by atoms with Gasteiger partial charge in [-0.25, -0.2) is 0 Å². The highest BCUT2D eigenvalue weighted by Gasteiger charge is 2.13. The number of aliphatic hydroxyl groups is 1. The van der Waals surface area contributed by atoms with Crippen molar-refractivity contribution >= 4 is 11.3 Å². The Bertz CT molecular complexity index is 495. The molecule has 1 aromatic carbocycles. The summed E-state index contributed by atoms with van der Waals surface area (Å²) in [6.07, 6.45) is 0.381. The summed E-state index contributed by atoms with van der Waals surface area (Å²) in [6.45, 7) is 5.10. The van der Waals surface area contributed by atoms with E-state index in [9.17, 15) is 5.11 Å². The molecule has 2 rings (SSSR count). The van der Waals surface area contributed by atoms with Gasteiger partial charge in [-0.2, -0.15) is 0 Å². The summed E-state index contributed by atoms with van der Waals surface area (Å²) < 4.78 is 0. The van der Waals surface area contributed by atoms with Gasteiger partial charge in [-0.3, -0.25) is 0 Å². The predicted molar refractivity (Wildman–Crippen MR) is 81.4 cm³/mol. The molecule has 0 saturated heterocycles. The van der Waals surface area contributed by atoms with E-state index in [-0.39, 0.29) is 12.1 Å². The molecular formula is C16H21NOS. The molecule has 2 N–H and O–H groups in total. The second-order valence-electron chi connectivity index (χ2n) is 4.98. The maximum Gasteiger partial charge on any atom is 0.0896 e. The number of aliphatic hydroxyl groups excluding tert-OH is 1. The van der Waals surface area contributed by atoms with Crippen molar-refractivity contribution in [1.29, 1.82) is 0 Å².